The van der Waals surface area contributed by atoms with E-state index in [1.54, 1.807) is 0 Å². The molecule has 1 aromatic heterocycles. The number of carbonyl (C=O) groups excluding carboxylic acids is 1. The van der Waals surface area contributed by atoms with E-state index >= 15 is 0 Å². The minimum absolute atomic E-state index is 0.163. The molecule has 1 N–H and O–H groups in total. The van der Waals surface area contributed by atoms with Crippen LogP contribution >= 0.6 is 15.9 Å². The lowest BCUT2D eigenvalue weighted by Crippen LogP contribution is -2.44. The van der Waals surface area contributed by atoms with Crippen LogP contribution in [0.1, 0.15) is 18.4 Å². The number of alkyl halides is 3. The van der Waals surface area contributed by atoms with E-state index in [1.807, 2.05) is 24.3 Å². The third-order valence-electron chi connectivity index (χ3n) is 4.56. The van der Waals surface area contributed by atoms with Gasteiger partial charge in [-0.3, -0.25) is 4.79 Å². The molecule has 3 rings (SSSR count). The van der Waals surface area contributed by atoms with E-state index in [0.29, 0.717) is 31.7 Å². The van der Waals surface area contributed by atoms with Crippen LogP contribution in [0.4, 0.5) is 18.9 Å². The molecule has 1 saturated heterocycles. The lowest BCUT2D eigenvalue weighted by molar-refractivity contribution is -0.154. The van der Waals surface area contributed by atoms with Gasteiger partial charge in [-0.15, -0.1) is 0 Å². The molecule has 0 bridgehead atoms. The first kappa shape index (κ1) is 20.6. The molecule has 5 nitrogen and oxygen atoms in total. The predicted octanol–water partition coefficient (Wildman–Crippen LogP) is 4.47. The van der Waals surface area contributed by atoms with Crippen LogP contribution in [0, 0.1) is 0 Å². The molecular weight excluding hydrogens is 441 g/mol. The van der Waals surface area contributed by atoms with Crippen molar-refractivity contribution in [2.45, 2.75) is 24.4 Å². The molecule has 0 spiro atoms. The number of nitrogens with zero attached hydrogens (tertiary/aromatic N) is 1. The molecule has 2 heterocycles. The zero-order valence-electron chi connectivity index (χ0n) is 14.8. The third-order valence-corrected chi connectivity index (χ3v) is 5.08. The summed E-state index contributed by atoms with van der Waals surface area (Å²) < 4.78 is 47.5. The van der Waals surface area contributed by atoms with E-state index in [-0.39, 0.29) is 11.8 Å². The number of hydrogen-bond donors (Lipinski definition) is 1. The highest BCUT2D eigenvalue weighted by Crippen LogP contribution is 2.36. The number of halogens is 4. The number of benzene rings is 1. The Morgan fingerprint density at radius 1 is 1.18 bits per heavy atom. The number of amides is 1. The topological polar surface area (TPSA) is 60.5 Å². The molecule has 0 radical (unpaired) electrons. The molecule has 0 aliphatic carbocycles. The Labute approximate surface area is 168 Å². The van der Waals surface area contributed by atoms with Gasteiger partial charge in [0.25, 0.3) is 0 Å². The summed E-state index contributed by atoms with van der Waals surface area (Å²) in [6.45, 7) is -0.490. The minimum Gasteiger partial charge on any atom is -0.468 e. The standard InChI is InChI=1S/C19H18BrF3N2O3/c20-14-3-1-13(2-4-14)18(7-9-27-10-8-18)17(26)25-15-5-6-16(24-11-15)28-12-19(21,22)23/h1-6,11H,7-10,12H2,(H,25,26). The summed E-state index contributed by atoms with van der Waals surface area (Å²) in [7, 11) is 0. The second-order valence-electron chi connectivity index (χ2n) is 6.44. The fourth-order valence-corrected chi connectivity index (χ4v) is 3.35. The Bertz CT molecular complexity index is 805. The van der Waals surface area contributed by atoms with Gasteiger partial charge < -0.3 is 14.8 Å². The van der Waals surface area contributed by atoms with Gasteiger partial charge in [0, 0.05) is 23.8 Å². The molecule has 0 atom stereocenters. The van der Waals surface area contributed by atoms with Crippen molar-refractivity contribution in [3.63, 3.8) is 0 Å². The lowest BCUT2D eigenvalue weighted by Gasteiger charge is -2.36. The Morgan fingerprint density at radius 3 is 2.43 bits per heavy atom. The van der Waals surface area contributed by atoms with Gasteiger partial charge in [0.1, 0.15) is 0 Å². The van der Waals surface area contributed by atoms with E-state index in [4.69, 9.17) is 4.74 Å². The van der Waals surface area contributed by atoms with Crippen LogP contribution in [0.25, 0.3) is 0 Å². The maximum Gasteiger partial charge on any atom is 0.422 e. The largest absolute Gasteiger partial charge is 0.468 e. The average molecular weight is 459 g/mol. The summed E-state index contributed by atoms with van der Waals surface area (Å²) in [5, 5.41) is 2.82. The number of carbonyl (C=O) groups is 1. The van der Waals surface area contributed by atoms with Crippen LogP contribution in [-0.2, 0) is 14.9 Å². The molecule has 1 amide bonds. The predicted molar refractivity (Wildman–Crippen MR) is 100 cm³/mol. The van der Waals surface area contributed by atoms with Crippen LogP contribution in [0.15, 0.2) is 47.1 Å². The first-order chi connectivity index (χ1) is 13.3. The zero-order chi connectivity index (χ0) is 20.2. The second kappa shape index (κ2) is 8.48. The van der Waals surface area contributed by atoms with Crippen LogP contribution in [0.2, 0.25) is 0 Å². The van der Waals surface area contributed by atoms with E-state index in [1.165, 1.54) is 18.3 Å². The van der Waals surface area contributed by atoms with Crippen molar-refractivity contribution in [1.82, 2.24) is 4.98 Å². The van der Waals surface area contributed by atoms with Gasteiger partial charge in [-0.2, -0.15) is 13.2 Å². The summed E-state index contributed by atoms with van der Waals surface area (Å²) in [4.78, 5) is 16.9. The summed E-state index contributed by atoms with van der Waals surface area (Å²) in [6.07, 6.45) is -2.10. The number of rotatable bonds is 5. The molecule has 1 aliphatic rings. The van der Waals surface area contributed by atoms with Crippen molar-refractivity contribution in [3.8, 4) is 5.88 Å². The number of ether oxygens (including phenoxy) is 2. The van der Waals surface area contributed by atoms with Crippen LogP contribution in [0.3, 0.4) is 0 Å². The van der Waals surface area contributed by atoms with Gasteiger partial charge >= 0.3 is 6.18 Å². The number of pyridine rings is 1. The Hall–Kier alpha value is -2.13. The summed E-state index contributed by atoms with van der Waals surface area (Å²) in [6, 6.07) is 10.3. The molecule has 9 heteroatoms. The van der Waals surface area contributed by atoms with Gasteiger partial charge in [0.05, 0.1) is 17.3 Å². The van der Waals surface area contributed by atoms with E-state index in [9.17, 15) is 18.0 Å². The molecule has 1 aliphatic heterocycles. The number of nitrogens with one attached hydrogen (secondary N) is 1. The van der Waals surface area contributed by atoms with Gasteiger partial charge in [0.2, 0.25) is 11.8 Å². The molecule has 28 heavy (non-hydrogen) atoms. The van der Waals surface area contributed by atoms with Crippen molar-refractivity contribution in [1.29, 1.82) is 0 Å². The van der Waals surface area contributed by atoms with Crippen molar-refractivity contribution < 1.29 is 27.4 Å². The minimum atomic E-state index is -4.44. The van der Waals surface area contributed by atoms with Gasteiger partial charge in [-0.05, 0) is 36.6 Å². The summed E-state index contributed by atoms with van der Waals surface area (Å²) in [5.74, 6) is -0.368. The fraction of sp³-hybridized carbons (Fsp3) is 0.368. The van der Waals surface area contributed by atoms with Crippen LogP contribution in [0.5, 0.6) is 5.88 Å². The van der Waals surface area contributed by atoms with Crippen LogP contribution < -0.4 is 10.1 Å². The Balaban J connectivity index is 1.74. The van der Waals surface area contributed by atoms with E-state index in [0.717, 1.165) is 10.0 Å². The van der Waals surface area contributed by atoms with E-state index < -0.39 is 18.2 Å². The highest BCUT2D eigenvalue weighted by Gasteiger charge is 2.41. The Morgan fingerprint density at radius 2 is 1.86 bits per heavy atom. The first-order valence-corrected chi connectivity index (χ1v) is 9.39. The van der Waals surface area contributed by atoms with Crippen molar-refractivity contribution in [2.24, 2.45) is 0 Å². The van der Waals surface area contributed by atoms with Gasteiger partial charge in [-0.1, -0.05) is 28.1 Å². The van der Waals surface area contributed by atoms with Crippen LogP contribution in [-0.4, -0.2) is 36.9 Å². The van der Waals surface area contributed by atoms with Gasteiger partial charge in [-0.25, -0.2) is 4.98 Å². The molecule has 0 saturated carbocycles. The molecule has 1 aromatic carbocycles. The SMILES string of the molecule is O=C(Nc1ccc(OCC(F)(F)F)nc1)C1(c2ccc(Br)cc2)CCOCC1. The second-order valence-corrected chi connectivity index (χ2v) is 7.36. The van der Waals surface area contributed by atoms with Crippen molar-refractivity contribution >= 4 is 27.5 Å². The normalized spacial score (nSPS) is 16.4. The Kier molecular flexibility index (Phi) is 6.24. The summed E-state index contributed by atoms with van der Waals surface area (Å²) in [5.41, 5.74) is 0.520. The molecule has 2 aromatic rings. The number of anilines is 1. The fourth-order valence-electron chi connectivity index (χ4n) is 3.08. The highest BCUT2D eigenvalue weighted by atomic mass is 79.9. The molecule has 0 unspecified atom stereocenters. The lowest BCUT2D eigenvalue weighted by atomic mass is 9.73. The van der Waals surface area contributed by atoms with Gasteiger partial charge in [0.15, 0.2) is 6.61 Å². The summed E-state index contributed by atoms with van der Waals surface area (Å²) >= 11 is 3.39. The maximum absolute atomic E-state index is 13.1. The molecule has 1 fully saturated rings. The van der Waals surface area contributed by atoms with Crippen molar-refractivity contribution in [3.05, 3.63) is 52.6 Å². The quantitative estimate of drug-likeness (QED) is 0.717. The first-order valence-electron chi connectivity index (χ1n) is 8.59. The monoisotopic (exact) mass is 458 g/mol. The average Bonchev–Trinajstić information content (AvgIpc) is 2.68. The van der Waals surface area contributed by atoms with E-state index in [2.05, 4.69) is 31.0 Å². The maximum atomic E-state index is 13.1. The number of aromatic nitrogens is 1. The smallest absolute Gasteiger partial charge is 0.422 e. The number of hydrogen-bond acceptors (Lipinski definition) is 4. The zero-order valence-corrected chi connectivity index (χ0v) is 16.3. The van der Waals surface area contributed by atoms with Crippen molar-refractivity contribution in [2.75, 3.05) is 25.1 Å². The molecular formula is C19H18BrF3N2O3. The third kappa shape index (κ3) is 5.02. The highest BCUT2D eigenvalue weighted by molar-refractivity contribution is 9.10. The molecule has 150 valence electrons.